The fourth-order valence-corrected chi connectivity index (χ4v) is 5.37. The summed E-state index contributed by atoms with van der Waals surface area (Å²) in [5, 5.41) is 6.16. The predicted octanol–water partition coefficient (Wildman–Crippen LogP) is 6.19. The number of hydrogen-bond donors (Lipinski definition) is 1. The minimum Gasteiger partial charge on any atom is -0.496 e. The number of anilines is 2. The smallest absolute Gasteiger partial charge is 0.228 e. The largest absolute Gasteiger partial charge is 0.496 e. The maximum atomic E-state index is 6.69. The fraction of sp³-hybridized carbons (Fsp3) is 0.233. The van der Waals surface area contributed by atoms with Crippen LogP contribution >= 0.6 is 11.6 Å². The van der Waals surface area contributed by atoms with Gasteiger partial charge < -0.3 is 15.4 Å². The normalized spacial score (nSPS) is 14.2. The number of nitrogens with two attached hydrogens (primary N) is 1. The Kier molecular flexibility index (Phi) is 6.60. The van der Waals surface area contributed by atoms with Gasteiger partial charge in [0.05, 0.1) is 23.9 Å². The molecule has 0 saturated carbocycles. The van der Waals surface area contributed by atoms with Crippen LogP contribution in [-0.4, -0.2) is 39.9 Å². The summed E-state index contributed by atoms with van der Waals surface area (Å²) < 4.78 is 7.39. The molecule has 1 saturated heterocycles. The summed E-state index contributed by atoms with van der Waals surface area (Å²) >= 11 is 6.12. The summed E-state index contributed by atoms with van der Waals surface area (Å²) in [5.74, 6) is 2.50. The van der Waals surface area contributed by atoms with Crippen LogP contribution in [-0.2, 0) is 6.42 Å². The van der Waals surface area contributed by atoms with E-state index in [9.17, 15) is 0 Å². The molecule has 0 spiro atoms. The van der Waals surface area contributed by atoms with E-state index in [0.29, 0.717) is 39.4 Å². The van der Waals surface area contributed by atoms with Crippen LogP contribution in [0.25, 0.3) is 28.0 Å². The Bertz CT molecular complexity index is 1560. The zero-order chi connectivity index (χ0) is 26.1. The molecule has 0 bridgehead atoms. The highest BCUT2D eigenvalue weighted by Crippen LogP contribution is 2.38. The van der Waals surface area contributed by atoms with Crippen molar-refractivity contribution in [1.29, 1.82) is 0 Å². The Balaban J connectivity index is 1.39. The lowest BCUT2D eigenvalue weighted by Gasteiger charge is -2.32. The third-order valence-corrected chi connectivity index (χ3v) is 7.51. The molecule has 1 fully saturated rings. The molecule has 6 rings (SSSR count). The van der Waals surface area contributed by atoms with Crippen molar-refractivity contribution in [3.8, 4) is 22.7 Å². The van der Waals surface area contributed by atoms with Gasteiger partial charge in [0, 0.05) is 23.7 Å². The second-order valence-electron chi connectivity index (χ2n) is 9.66. The van der Waals surface area contributed by atoms with Gasteiger partial charge >= 0.3 is 0 Å². The molecule has 38 heavy (non-hydrogen) atoms. The third-order valence-electron chi connectivity index (χ3n) is 7.26. The molecule has 0 unspecified atom stereocenters. The van der Waals surface area contributed by atoms with E-state index in [2.05, 4.69) is 35.2 Å². The van der Waals surface area contributed by atoms with Crippen molar-refractivity contribution in [3.05, 3.63) is 89.4 Å². The maximum Gasteiger partial charge on any atom is 0.228 e. The summed E-state index contributed by atoms with van der Waals surface area (Å²) in [5.41, 5.74) is 11.0. The molecule has 2 N–H and O–H groups in total. The molecule has 1 aliphatic rings. The highest BCUT2D eigenvalue weighted by molar-refractivity contribution is 6.30. The van der Waals surface area contributed by atoms with Crippen molar-refractivity contribution >= 4 is 34.4 Å². The van der Waals surface area contributed by atoms with Gasteiger partial charge in [0.25, 0.3) is 0 Å². The molecule has 0 radical (unpaired) electrons. The Morgan fingerprint density at radius 1 is 0.921 bits per heavy atom. The summed E-state index contributed by atoms with van der Waals surface area (Å²) in [4.78, 5) is 12.2. The SMILES string of the molecule is COc1ccccc1-c1nc(N2CCC(Cc3ccccc3)CC2)nc2nn(-c3ccc(Cl)cc3)c(N)c12. The number of fused-ring (bicyclic) bond motifs is 1. The predicted molar refractivity (Wildman–Crippen MR) is 153 cm³/mol. The number of para-hydroxylation sites is 1. The van der Waals surface area contributed by atoms with Gasteiger partial charge in [-0.1, -0.05) is 54.1 Å². The number of piperidine rings is 1. The highest BCUT2D eigenvalue weighted by atomic mass is 35.5. The van der Waals surface area contributed by atoms with Crippen LogP contribution in [0.4, 0.5) is 11.8 Å². The van der Waals surface area contributed by atoms with E-state index in [1.54, 1.807) is 11.8 Å². The lowest BCUT2D eigenvalue weighted by molar-refractivity contribution is 0.401. The van der Waals surface area contributed by atoms with Gasteiger partial charge in [0.1, 0.15) is 11.6 Å². The molecule has 3 heterocycles. The first-order valence-corrected chi connectivity index (χ1v) is 13.2. The number of nitrogen functional groups attached to an aromatic ring is 1. The van der Waals surface area contributed by atoms with Crippen LogP contribution in [0.15, 0.2) is 78.9 Å². The van der Waals surface area contributed by atoms with Gasteiger partial charge in [-0.25, -0.2) is 9.67 Å². The van der Waals surface area contributed by atoms with Crippen LogP contribution in [0.1, 0.15) is 18.4 Å². The summed E-state index contributed by atoms with van der Waals surface area (Å²) in [6.07, 6.45) is 3.27. The van der Waals surface area contributed by atoms with Gasteiger partial charge in [-0.05, 0) is 67.1 Å². The van der Waals surface area contributed by atoms with E-state index in [0.717, 1.165) is 49.4 Å². The van der Waals surface area contributed by atoms with Crippen molar-refractivity contribution in [3.63, 3.8) is 0 Å². The molecule has 1 aliphatic heterocycles. The second kappa shape index (κ2) is 10.3. The number of halogens is 1. The van der Waals surface area contributed by atoms with Crippen LogP contribution in [0.2, 0.25) is 5.02 Å². The lowest BCUT2D eigenvalue weighted by Crippen LogP contribution is -2.35. The van der Waals surface area contributed by atoms with E-state index in [1.165, 1.54) is 5.56 Å². The van der Waals surface area contributed by atoms with Crippen LogP contribution < -0.4 is 15.4 Å². The summed E-state index contributed by atoms with van der Waals surface area (Å²) in [6.45, 7) is 1.78. The minimum absolute atomic E-state index is 0.469. The molecule has 8 heteroatoms. The average molecular weight is 525 g/mol. The van der Waals surface area contributed by atoms with Crippen molar-refractivity contribution in [2.45, 2.75) is 19.3 Å². The highest BCUT2D eigenvalue weighted by Gasteiger charge is 2.26. The molecule has 3 aromatic carbocycles. The molecule has 7 nitrogen and oxygen atoms in total. The standard InChI is InChI=1S/C30H29ClN6O/c1-38-25-10-6-5-9-24(25)27-26-28(32)37(23-13-11-22(31)12-14-23)35-29(26)34-30(33-27)36-17-15-21(16-18-36)19-20-7-3-2-4-8-20/h2-14,21H,15-19,32H2,1H3. The average Bonchev–Trinajstić information content (AvgIpc) is 3.30. The van der Waals surface area contributed by atoms with Gasteiger partial charge in [-0.15, -0.1) is 5.10 Å². The lowest BCUT2D eigenvalue weighted by atomic mass is 9.90. The number of methoxy groups -OCH3 is 1. The molecular weight excluding hydrogens is 496 g/mol. The molecule has 0 atom stereocenters. The first kappa shape index (κ1) is 24.2. The Morgan fingerprint density at radius 2 is 1.63 bits per heavy atom. The first-order chi connectivity index (χ1) is 18.6. The van der Waals surface area contributed by atoms with E-state index in [1.807, 2.05) is 48.5 Å². The van der Waals surface area contributed by atoms with Crippen LogP contribution in [0.5, 0.6) is 5.75 Å². The molecule has 2 aromatic heterocycles. The summed E-state index contributed by atoms with van der Waals surface area (Å²) in [6, 6.07) is 26.0. The maximum absolute atomic E-state index is 6.69. The molecular formula is C30H29ClN6O. The van der Waals surface area contributed by atoms with Gasteiger partial charge in [0.2, 0.25) is 5.95 Å². The number of rotatable bonds is 6. The molecule has 0 aliphatic carbocycles. The fourth-order valence-electron chi connectivity index (χ4n) is 5.24. The number of nitrogens with zero attached hydrogens (tertiary/aromatic N) is 5. The second-order valence-corrected chi connectivity index (χ2v) is 10.1. The quantitative estimate of drug-likeness (QED) is 0.285. The van der Waals surface area contributed by atoms with E-state index in [-0.39, 0.29) is 0 Å². The number of aromatic nitrogens is 4. The minimum atomic E-state index is 0.469. The van der Waals surface area contributed by atoms with Crippen molar-refractivity contribution in [2.24, 2.45) is 5.92 Å². The monoisotopic (exact) mass is 524 g/mol. The number of hydrogen-bond acceptors (Lipinski definition) is 6. The van der Waals surface area contributed by atoms with E-state index >= 15 is 0 Å². The van der Waals surface area contributed by atoms with Gasteiger partial charge in [0.15, 0.2) is 5.65 Å². The first-order valence-electron chi connectivity index (χ1n) is 12.8. The van der Waals surface area contributed by atoms with Crippen molar-refractivity contribution in [1.82, 2.24) is 19.7 Å². The Morgan fingerprint density at radius 3 is 2.37 bits per heavy atom. The number of benzene rings is 3. The molecule has 192 valence electrons. The van der Waals surface area contributed by atoms with Crippen LogP contribution in [0, 0.1) is 5.92 Å². The topological polar surface area (TPSA) is 82.1 Å². The van der Waals surface area contributed by atoms with Crippen molar-refractivity contribution in [2.75, 3.05) is 30.8 Å². The molecule has 5 aromatic rings. The summed E-state index contributed by atoms with van der Waals surface area (Å²) in [7, 11) is 1.66. The molecule has 0 amide bonds. The van der Waals surface area contributed by atoms with Gasteiger partial charge in [-0.2, -0.15) is 4.98 Å². The number of ether oxygens (including phenoxy) is 1. The third kappa shape index (κ3) is 4.65. The van der Waals surface area contributed by atoms with Gasteiger partial charge in [-0.3, -0.25) is 0 Å². The zero-order valence-electron chi connectivity index (χ0n) is 21.2. The van der Waals surface area contributed by atoms with Crippen molar-refractivity contribution < 1.29 is 4.74 Å². The van der Waals surface area contributed by atoms with Crippen LogP contribution in [0.3, 0.4) is 0 Å². The van der Waals surface area contributed by atoms with E-state index in [4.69, 9.17) is 37.1 Å². The zero-order valence-corrected chi connectivity index (χ0v) is 22.0. The Labute approximate surface area is 226 Å². The van der Waals surface area contributed by atoms with E-state index < -0.39 is 0 Å². The Hall–Kier alpha value is -4.10.